The van der Waals surface area contributed by atoms with Crippen LogP contribution in [0, 0.1) is 5.92 Å². The number of thiophene rings is 1. The first-order valence-electron chi connectivity index (χ1n) is 9.40. The smallest absolute Gasteiger partial charge is 0.244 e. The van der Waals surface area contributed by atoms with Gasteiger partial charge in [-0.25, -0.2) is 8.42 Å². The largest absolute Gasteiger partial charge is 0.326 e. The average Bonchev–Trinajstić information content (AvgIpc) is 3.21. The molecule has 1 aliphatic rings. The lowest BCUT2D eigenvalue weighted by molar-refractivity contribution is -0.120. The van der Waals surface area contributed by atoms with E-state index in [1.165, 1.54) is 20.8 Å². The number of fused-ring (bicyclic) bond motifs is 1. The first-order chi connectivity index (χ1) is 14.0. The molecule has 2 aromatic carbocycles. The Hall–Kier alpha value is -1.87. The summed E-state index contributed by atoms with van der Waals surface area (Å²) in [6.07, 6.45) is 2.92. The molecule has 8 heteroatoms. The fourth-order valence-electron chi connectivity index (χ4n) is 3.62. The Morgan fingerprint density at radius 2 is 1.90 bits per heavy atom. The Morgan fingerprint density at radius 3 is 2.66 bits per heavy atom. The molecule has 1 fully saturated rings. The fourth-order valence-corrected chi connectivity index (χ4v) is 6.98. The second kappa shape index (κ2) is 8.47. The van der Waals surface area contributed by atoms with Crippen molar-refractivity contribution in [1.82, 2.24) is 4.31 Å². The predicted molar refractivity (Wildman–Crippen MR) is 120 cm³/mol. The van der Waals surface area contributed by atoms with Crippen LogP contribution in [0.2, 0.25) is 0 Å². The maximum absolute atomic E-state index is 13.0. The number of rotatable bonds is 5. The number of sulfonamides is 1. The lowest BCUT2D eigenvalue weighted by Crippen LogP contribution is -2.41. The van der Waals surface area contributed by atoms with E-state index in [4.69, 9.17) is 0 Å². The van der Waals surface area contributed by atoms with Gasteiger partial charge in [0.25, 0.3) is 0 Å². The molecule has 0 aliphatic carbocycles. The number of carbonyl (C=O) groups is 1. The monoisotopic (exact) mass is 446 g/mol. The van der Waals surface area contributed by atoms with Crippen LogP contribution in [0.3, 0.4) is 0 Å². The second-order valence-electron chi connectivity index (χ2n) is 6.99. The summed E-state index contributed by atoms with van der Waals surface area (Å²) in [6, 6.07) is 15.0. The zero-order valence-electron chi connectivity index (χ0n) is 16.0. The van der Waals surface area contributed by atoms with E-state index in [1.807, 2.05) is 48.0 Å². The fraction of sp³-hybridized carbons (Fsp3) is 0.286. The Morgan fingerprint density at radius 1 is 1.14 bits per heavy atom. The summed E-state index contributed by atoms with van der Waals surface area (Å²) in [7, 11) is -3.55. The van der Waals surface area contributed by atoms with Crippen LogP contribution >= 0.6 is 23.1 Å². The molecule has 1 aromatic heterocycles. The Labute approximate surface area is 179 Å². The molecule has 0 spiro atoms. The molecule has 1 aliphatic heterocycles. The van der Waals surface area contributed by atoms with Gasteiger partial charge in [0.2, 0.25) is 15.9 Å². The third-order valence-corrected chi connectivity index (χ3v) is 9.01. The average molecular weight is 447 g/mol. The second-order valence-corrected chi connectivity index (χ2v) is 10.7. The summed E-state index contributed by atoms with van der Waals surface area (Å²) in [6.45, 7) is 0.708. The molecule has 2 heterocycles. The maximum Gasteiger partial charge on any atom is 0.244 e. The molecule has 0 radical (unpaired) electrons. The first-order valence-corrected chi connectivity index (χ1v) is 12.9. The van der Waals surface area contributed by atoms with Crippen molar-refractivity contribution in [3.05, 3.63) is 53.9 Å². The van der Waals surface area contributed by atoms with Gasteiger partial charge in [-0.2, -0.15) is 4.31 Å². The van der Waals surface area contributed by atoms with Gasteiger partial charge in [-0.15, -0.1) is 23.1 Å². The minimum absolute atomic E-state index is 0.0406. The van der Waals surface area contributed by atoms with E-state index in [1.54, 1.807) is 23.5 Å². The van der Waals surface area contributed by atoms with Gasteiger partial charge in [-0.3, -0.25) is 4.79 Å². The van der Waals surface area contributed by atoms with Gasteiger partial charge in [-0.1, -0.05) is 12.1 Å². The van der Waals surface area contributed by atoms with Crippen molar-refractivity contribution in [1.29, 1.82) is 0 Å². The van der Waals surface area contributed by atoms with Gasteiger partial charge >= 0.3 is 0 Å². The normalized spacial score (nSPS) is 16.2. The minimum Gasteiger partial charge on any atom is -0.326 e. The highest BCUT2D eigenvalue weighted by Gasteiger charge is 2.33. The lowest BCUT2D eigenvalue weighted by atomic mass is 9.97. The van der Waals surface area contributed by atoms with E-state index in [-0.39, 0.29) is 11.8 Å². The van der Waals surface area contributed by atoms with Crippen LogP contribution < -0.4 is 5.32 Å². The number of benzene rings is 2. The highest BCUT2D eigenvalue weighted by Crippen LogP contribution is 2.30. The number of carbonyl (C=O) groups excluding carboxylic acids is 1. The Balaban J connectivity index is 1.41. The Kier molecular flexibility index (Phi) is 5.96. The van der Waals surface area contributed by atoms with Crippen molar-refractivity contribution < 1.29 is 13.2 Å². The van der Waals surface area contributed by atoms with Gasteiger partial charge < -0.3 is 5.32 Å². The number of anilines is 1. The quantitative estimate of drug-likeness (QED) is 0.579. The summed E-state index contributed by atoms with van der Waals surface area (Å²) in [4.78, 5) is 13.8. The van der Waals surface area contributed by atoms with Crippen molar-refractivity contribution in [3.8, 4) is 0 Å². The van der Waals surface area contributed by atoms with Crippen molar-refractivity contribution in [2.75, 3.05) is 24.7 Å². The predicted octanol–water partition coefficient (Wildman–Crippen LogP) is 4.66. The van der Waals surface area contributed by atoms with Crippen LogP contribution in [-0.4, -0.2) is 38.0 Å². The highest BCUT2D eigenvalue weighted by molar-refractivity contribution is 7.99. The standard InChI is InChI=1S/C21H22N2O3S3/c1-27-19-4-2-3-5-20(19)29(25,26)23-11-8-15(9-12-23)21(24)22-17-6-7-18-16(14-17)10-13-28-18/h2-7,10,13-15H,8-9,11-12H2,1H3,(H,22,24). The van der Waals surface area contributed by atoms with Gasteiger partial charge in [0.05, 0.1) is 4.90 Å². The minimum atomic E-state index is -3.55. The van der Waals surface area contributed by atoms with Crippen LogP contribution in [0.5, 0.6) is 0 Å². The van der Waals surface area contributed by atoms with Gasteiger partial charge in [0.15, 0.2) is 0 Å². The topological polar surface area (TPSA) is 66.5 Å². The van der Waals surface area contributed by atoms with Gasteiger partial charge in [0.1, 0.15) is 0 Å². The SMILES string of the molecule is CSc1ccccc1S(=O)(=O)N1CCC(C(=O)Nc2ccc3sccc3c2)CC1. The summed E-state index contributed by atoms with van der Waals surface area (Å²) < 4.78 is 28.8. The third-order valence-electron chi connectivity index (χ3n) is 5.23. The molecule has 1 saturated heterocycles. The highest BCUT2D eigenvalue weighted by atomic mass is 32.2. The summed E-state index contributed by atoms with van der Waals surface area (Å²) >= 11 is 3.09. The molecule has 0 saturated carbocycles. The summed E-state index contributed by atoms with van der Waals surface area (Å²) in [5.74, 6) is -0.225. The zero-order chi connectivity index (χ0) is 20.4. The van der Waals surface area contributed by atoms with Crippen LogP contribution in [-0.2, 0) is 14.8 Å². The molecule has 0 bridgehead atoms. The number of piperidine rings is 1. The zero-order valence-corrected chi connectivity index (χ0v) is 18.4. The molecule has 152 valence electrons. The molecule has 1 amide bonds. The van der Waals surface area contributed by atoms with Gasteiger partial charge in [0, 0.05) is 34.3 Å². The van der Waals surface area contributed by atoms with E-state index in [9.17, 15) is 13.2 Å². The molecule has 3 aromatic rings. The molecule has 5 nitrogen and oxygen atoms in total. The number of hydrogen-bond acceptors (Lipinski definition) is 5. The van der Waals surface area contributed by atoms with E-state index >= 15 is 0 Å². The van der Waals surface area contributed by atoms with Crippen molar-refractivity contribution in [2.45, 2.75) is 22.6 Å². The van der Waals surface area contributed by atoms with Crippen molar-refractivity contribution >= 4 is 54.8 Å². The summed E-state index contributed by atoms with van der Waals surface area (Å²) in [5.41, 5.74) is 0.782. The Bertz CT molecular complexity index is 1130. The number of thioether (sulfide) groups is 1. The molecule has 1 N–H and O–H groups in total. The molecular weight excluding hydrogens is 424 g/mol. The van der Waals surface area contributed by atoms with E-state index in [2.05, 4.69) is 5.32 Å². The number of amides is 1. The van der Waals surface area contributed by atoms with Crippen LogP contribution in [0.1, 0.15) is 12.8 Å². The van der Waals surface area contributed by atoms with Crippen LogP contribution in [0.15, 0.2) is 63.7 Å². The number of nitrogens with one attached hydrogen (secondary N) is 1. The van der Waals surface area contributed by atoms with Crippen LogP contribution in [0.25, 0.3) is 10.1 Å². The van der Waals surface area contributed by atoms with Crippen molar-refractivity contribution in [2.24, 2.45) is 5.92 Å². The molecule has 0 atom stereocenters. The van der Waals surface area contributed by atoms with E-state index in [0.717, 1.165) is 16.0 Å². The molecule has 4 rings (SSSR count). The maximum atomic E-state index is 13.0. The van der Waals surface area contributed by atoms with Crippen LogP contribution in [0.4, 0.5) is 5.69 Å². The molecule has 29 heavy (non-hydrogen) atoms. The third kappa shape index (κ3) is 4.21. The first kappa shape index (κ1) is 20.4. The molecular formula is C21H22N2O3S3. The summed E-state index contributed by atoms with van der Waals surface area (Å²) in [5, 5.41) is 6.13. The van der Waals surface area contributed by atoms with E-state index < -0.39 is 10.0 Å². The number of nitrogens with zero attached hydrogens (tertiary/aromatic N) is 1. The number of hydrogen-bond donors (Lipinski definition) is 1. The molecule has 0 unspecified atom stereocenters. The van der Waals surface area contributed by atoms with Crippen molar-refractivity contribution in [3.63, 3.8) is 0 Å². The lowest BCUT2D eigenvalue weighted by Gasteiger charge is -2.31. The van der Waals surface area contributed by atoms with Gasteiger partial charge in [-0.05, 0) is 66.3 Å². The van der Waals surface area contributed by atoms with E-state index in [0.29, 0.717) is 30.8 Å².